The van der Waals surface area contributed by atoms with Crippen molar-refractivity contribution < 1.29 is 19.0 Å². The summed E-state index contributed by atoms with van der Waals surface area (Å²) < 4.78 is 16.2. The maximum absolute atomic E-state index is 12.1. The Bertz CT molecular complexity index is 982. The predicted octanol–water partition coefficient (Wildman–Crippen LogP) is 3.74. The lowest BCUT2D eigenvalue weighted by molar-refractivity contribution is -0.118. The summed E-state index contributed by atoms with van der Waals surface area (Å²) in [5, 5.41) is 3.64. The van der Waals surface area contributed by atoms with Gasteiger partial charge in [-0.15, -0.1) is 0 Å². The van der Waals surface area contributed by atoms with Crippen molar-refractivity contribution in [3.05, 3.63) is 59.5 Å². The van der Waals surface area contributed by atoms with Crippen molar-refractivity contribution in [2.75, 3.05) is 20.0 Å². The quantitative estimate of drug-likeness (QED) is 0.301. The number of hydrogen-bond donors (Lipinski definition) is 1. The highest BCUT2D eigenvalue weighted by atomic mass is 35.5. The molecule has 2 aromatic heterocycles. The number of benzene rings is 1. The predicted molar refractivity (Wildman–Crippen MR) is 113 cm³/mol. The van der Waals surface area contributed by atoms with Gasteiger partial charge in [-0.3, -0.25) is 4.79 Å². The van der Waals surface area contributed by atoms with Gasteiger partial charge < -0.3 is 19.5 Å². The lowest BCUT2D eigenvalue weighted by Gasteiger charge is -2.10. The van der Waals surface area contributed by atoms with Gasteiger partial charge >= 0.3 is 0 Å². The molecule has 0 spiro atoms. The second kappa shape index (κ2) is 10.7. The van der Waals surface area contributed by atoms with Crippen molar-refractivity contribution in [2.45, 2.75) is 11.7 Å². The van der Waals surface area contributed by atoms with Crippen LogP contribution in [0.1, 0.15) is 5.56 Å². The molecule has 0 aliphatic rings. The van der Waals surface area contributed by atoms with Crippen LogP contribution in [0.2, 0.25) is 5.15 Å². The van der Waals surface area contributed by atoms with Crippen LogP contribution in [0.4, 0.5) is 0 Å². The molecule has 8 nitrogen and oxygen atoms in total. The first-order chi connectivity index (χ1) is 14.6. The van der Waals surface area contributed by atoms with E-state index in [4.69, 9.17) is 25.8 Å². The summed E-state index contributed by atoms with van der Waals surface area (Å²) in [5.41, 5.74) is 0.859. The third kappa shape index (κ3) is 6.50. The van der Waals surface area contributed by atoms with Crippen LogP contribution >= 0.6 is 23.4 Å². The van der Waals surface area contributed by atoms with Crippen molar-refractivity contribution in [3.63, 3.8) is 0 Å². The number of rotatable bonds is 9. The molecule has 0 saturated heterocycles. The van der Waals surface area contributed by atoms with Gasteiger partial charge in [-0.25, -0.2) is 9.97 Å². The molecule has 30 heavy (non-hydrogen) atoms. The van der Waals surface area contributed by atoms with E-state index in [1.54, 1.807) is 63.0 Å². The number of carbonyl (C=O) groups is 1. The van der Waals surface area contributed by atoms with Crippen LogP contribution in [-0.4, -0.2) is 40.8 Å². The van der Waals surface area contributed by atoms with Gasteiger partial charge in [0, 0.05) is 43.2 Å². The molecule has 10 heteroatoms. The summed E-state index contributed by atoms with van der Waals surface area (Å²) >= 11 is 6.95. The van der Waals surface area contributed by atoms with Crippen molar-refractivity contribution in [3.8, 4) is 23.1 Å². The van der Waals surface area contributed by atoms with E-state index in [1.165, 1.54) is 11.8 Å². The zero-order valence-electron chi connectivity index (χ0n) is 16.3. The van der Waals surface area contributed by atoms with E-state index in [-0.39, 0.29) is 11.7 Å². The Kier molecular flexibility index (Phi) is 7.69. The van der Waals surface area contributed by atoms with Crippen molar-refractivity contribution in [1.82, 2.24) is 20.3 Å². The van der Waals surface area contributed by atoms with Crippen molar-refractivity contribution in [2.24, 2.45) is 0 Å². The van der Waals surface area contributed by atoms with Gasteiger partial charge in [0.15, 0.2) is 5.16 Å². The molecule has 0 atom stereocenters. The number of thioether (sulfide) groups is 1. The Balaban J connectivity index is 1.55. The molecule has 0 unspecified atom stereocenters. The maximum Gasteiger partial charge on any atom is 0.230 e. The molecule has 1 N–H and O–H groups in total. The maximum atomic E-state index is 12.1. The number of ether oxygens (including phenoxy) is 3. The molecule has 2 heterocycles. The Labute approximate surface area is 183 Å². The molecule has 0 fully saturated rings. The van der Waals surface area contributed by atoms with E-state index >= 15 is 0 Å². The minimum absolute atomic E-state index is 0.151. The second-order valence-electron chi connectivity index (χ2n) is 5.88. The minimum atomic E-state index is -0.151. The first kappa shape index (κ1) is 21.7. The summed E-state index contributed by atoms with van der Waals surface area (Å²) in [5.74, 6) is 2.06. The van der Waals surface area contributed by atoms with Gasteiger partial charge in [-0.1, -0.05) is 29.4 Å². The lowest BCUT2D eigenvalue weighted by atomic mass is 10.3. The van der Waals surface area contributed by atoms with Crippen LogP contribution < -0.4 is 19.5 Å². The smallest absolute Gasteiger partial charge is 0.230 e. The fraction of sp³-hybridized carbons (Fsp3) is 0.200. The van der Waals surface area contributed by atoms with E-state index in [2.05, 4.69) is 20.3 Å². The summed E-state index contributed by atoms with van der Waals surface area (Å²) in [4.78, 5) is 24.5. The first-order valence-corrected chi connectivity index (χ1v) is 10.2. The molecule has 3 aromatic rings. The fourth-order valence-corrected chi connectivity index (χ4v) is 3.07. The molecular weight excluding hydrogens is 428 g/mol. The zero-order chi connectivity index (χ0) is 21.3. The number of nitrogens with one attached hydrogen (secondary N) is 1. The van der Waals surface area contributed by atoms with Crippen molar-refractivity contribution >= 4 is 29.3 Å². The van der Waals surface area contributed by atoms with Crippen molar-refractivity contribution in [1.29, 1.82) is 0 Å². The molecule has 3 rings (SSSR count). The average molecular weight is 447 g/mol. The number of hydrogen-bond acceptors (Lipinski definition) is 8. The van der Waals surface area contributed by atoms with E-state index in [0.717, 1.165) is 5.56 Å². The van der Waals surface area contributed by atoms with Gasteiger partial charge in [0.2, 0.25) is 11.8 Å². The summed E-state index contributed by atoms with van der Waals surface area (Å²) in [6.45, 7) is 0.366. The number of halogens is 1. The van der Waals surface area contributed by atoms with E-state index < -0.39 is 0 Å². The highest BCUT2D eigenvalue weighted by Gasteiger charge is 2.09. The fourth-order valence-electron chi connectivity index (χ4n) is 2.31. The Morgan fingerprint density at radius 2 is 1.80 bits per heavy atom. The molecular formula is C20H19ClN4O4S. The first-order valence-electron chi connectivity index (χ1n) is 8.79. The minimum Gasteiger partial charge on any atom is -0.496 e. The third-order valence-electron chi connectivity index (χ3n) is 3.77. The highest BCUT2D eigenvalue weighted by molar-refractivity contribution is 7.99. The van der Waals surface area contributed by atoms with E-state index in [0.29, 0.717) is 40.0 Å². The van der Waals surface area contributed by atoms with Gasteiger partial charge in [0.25, 0.3) is 0 Å². The SMILES string of the molecule is COc1cc(OC)cc(Oc2ccnc(SCC(=O)NCc3ccc(Cl)nc3)n2)c1. The third-order valence-corrected chi connectivity index (χ3v) is 4.85. The van der Waals surface area contributed by atoms with Crippen LogP contribution in [0.5, 0.6) is 23.1 Å². The van der Waals surface area contributed by atoms with Crippen LogP contribution in [0.3, 0.4) is 0 Å². The van der Waals surface area contributed by atoms with Gasteiger partial charge in [-0.2, -0.15) is 4.98 Å². The monoisotopic (exact) mass is 446 g/mol. The molecule has 1 amide bonds. The van der Waals surface area contributed by atoms with Gasteiger partial charge in [0.05, 0.1) is 20.0 Å². The number of aromatic nitrogens is 3. The molecule has 0 aliphatic carbocycles. The van der Waals surface area contributed by atoms with Crippen LogP contribution in [0, 0.1) is 0 Å². The Morgan fingerprint density at radius 1 is 1.07 bits per heavy atom. The normalized spacial score (nSPS) is 10.4. The molecule has 0 saturated carbocycles. The highest BCUT2D eigenvalue weighted by Crippen LogP contribution is 2.30. The number of methoxy groups -OCH3 is 2. The number of pyridine rings is 1. The average Bonchev–Trinajstić information content (AvgIpc) is 2.77. The van der Waals surface area contributed by atoms with Crippen LogP contribution in [0.15, 0.2) is 53.9 Å². The lowest BCUT2D eigenvalue weighted by Crippen LogP contribution is -2.24. The summed E-state index contributed by atoms with van der Waals surface area (Å²) in [6, 6.07) is 10.3. The van der Waals surface area contributed by atoms with Gasteiger partial charge in [-0.05, 0) is 11.6 Å². The number of carbonyl (C=O) groups excluding carboxylic acids is 1. The second-order valence-corrected chi connectivity index (χ2v) is 7.21. The van der Waals surface area contributed by atoms with E-state index in [9.17, 15) is 4.79 Å². The number of nitrogens with zero attached hydrogens (tertiary/aromatic N) is 3. The van der Waals surface area contributed by atoms with Gasteiger partial charge in [0.1, 0.15) is 22.4 Å². The molecule has 0 radical (unpaired) electrons. The summed E-state index contributed by atoms with van der Waals surface area (Å²) in [6.07, 6.45) is 3.19. The standard InChI is InChI=1S/C20H19ClN4O4S/c1-27-14-7-15(28-2)9-16(8-14)29-19-5-6-22-20(25-19)30-12-18(26)24-11-13-3-4-17(21)23-10-13/h3-10H,11-12H2,1-2H3,(H,24,26). The molecule has 1 aromatic carbocycles. The topological polar surface area (TPSA) is 95.5 Å². The van der Waals surface area contributed by atoms with Crippen LogP contribution in [0.25, 0.3) is 0 Å². The zero-order valence-corrected chi connectivity index (χ0v) is 17.9. The van der Waals surface area contributed by atoms with Crippen LogP contribution in [-0.2, 0) is 11.3 Å². The summed E-state index contributed by atoms with van der Waals surface area (Å²) in [7, 11) is 3.12. The Morgan fingerprint density at radius 3 is 2.47 bits per heavy atom. The molecule has 0 bridgehead atoms. The number of amides is 1. The van der Waals surface area contributed by atoms with E-state index in [1.807, 2.05) is 0 Å². The molecule has 0 aliphatic heterocycles. The Hall–Kier alpha value is -3.04. The largest absolute Gasteiger partial charge is 0.496 e. The molecule has 156 valence electrons.